The van der Waals surface area contributed by atoms with Gasteiger partial charge in [-0.3, -0.25) is 9.69 Å². The zero-order chi connectivity index (χ0) is 21.2. The quantitative estimate of drug-likeness (QED) is 0.719. The third-order valence-corrected chi connectivity index (χ3v) is 7.77. The van der Waals surface area contributed by atoms with Crippen LogP contribution < -0.4 is 0 Å². The van der Waals surface area contributed by atoms with Crippen LogP contribution in [0.4, 0.5) is 0 Å². The van der Waals surface area contributed by atoms with Gasteiger partial charge in [-0.15, -0.1) is 0 Å². The van der Waals surface area contributed by atoms with E-state index in [-0.39, 0.29) is 22.8 Å². The van der Waals surface area contributed by atoms with Crippen LogP contribution in [0.15, 0.2) is 17.2 Å². The van der Waals surface area contributed by atoms with Crippen LogP contribution in [0, 0.1) is 17.2 Å². The van der Waals surface area contributed by atoms with E-state index >= 15 is 0 Å². The average Bonchev–Trinajstić information content (AvgIpc) is 3.11. The number of nitrogens with zero attached hydrogens (tertiary/aromatic N) is 5. The summed E-state index contributed by atoms with van der Waals surface area (Å²) in [5, 5.41) is 9.39. The lowest BCUT2D eigenvalue weighted by Crippen LogP contribution is -2.53. The van der Waals surface area contributed by atoms with Crippen molar-refractivity contribution >= 4 is 15.9 Å². The van der Waals surface area contributed by atoms with Gasteiger partial charge in [0.15, 0.2) is 0 Å². The number of piperazine rings is 1. The van der Waals surface area contributed by atoms with Crippen LogP contribution in [0.25, 0.3) is 0 Å². The van der Waals surface area contributed by atoms with Gasteiger partial charge in [-0.05, 0) is 24.8 Å². The highest BCUT2D eigenvalue weighted by Gasteiger charge is 2.32. The van der Waals surface area contributed by atoms with Crippen molar-refractivity contribution < 1.29 is 13.2 Å². The first kappa shape index (κ1) is 21.8. The number of aromatic nitrogens is 1. The van der Waals surface area contributed by atoms with Crippen LogP contribution in [0.5, 0.6) is 0 Å². The fraction of sp³-hybridized carbons (Fsp3) is 0.700. The molecule has 29 heavy (non-hydrogen) atoms. The van der Waals surface area contributed by atoms with Crippen LogP contribution in [0.1, 0.15) is 43.6 Å². The van der Waals surface area contributed by atoms with Crippen molar-refractivity contribution in [2.45, 2.75) is 44.0 Å². The summed E-state index contributed by atoms with van der Waals surface area (Å²) in [7, 11) is -1.85. The summed E-state index contributed by atoms with van der Waals surface area (Å²) in [4.78, 5) is 17.1. The van der Waals surface area contributed by atoms with Crippen molar-refractivity contribution in [3.05, 3.63) is 18.0 Å². The summed E-state index contributed by atoms with van der Waals surface area (Å²) in [6, 6.07) is 3.71. The molecule has 1 aromatic rings. The van der Waals surface area contributed by atoms with Gasteiger partial charge in [0.05, 0.1) is 6.07 Å². The summed E-state index contributed by atoms with van der Waals surface area (Å²) in [6.07, 6.45) is 4.35. The number of carbonyl (C=O) groups is 1. The van der Waals surface area contributed by atoms with Crippen molar-refractivity contribution in [1.82, 2.24) is 18.7 Å². The molecule has 0 bridgehead atoms. The first-order valence-corrected chi connectivity index (χ1v) is 11.8. The van der Waals surface area contributed by atoms with Crippen molar-refractivity contribution in [3.63, 3.8) is 0 Å². The minimum atomic E-state index is -3.56. The molecule has 0 aliphatic carbocycles. The summed E-state index contributed by atoms with van der Waals surface area (Å²) < 4.78 is 29.0. The maximum atomic E-state index is 13.0. The molecular weight excluding hydrogens is 390 g/mol. The lowest BCUT2D eigenvalue weighted by atomic mass is 10.0. The predicted molar refractivity (Wildman–Crippen MR) is 110 cm³/mol. The average molecular weight is 422 g/mol. The molecule has 3 rings (SSSR count). The Morgan fingerprint density at radius 3 is 2.24 bits per heavy atom. The first-order chi connectivity index (χ1) is 13.8. The molecule has 8 nitrogen and oxygen atoms in total. The topological polar surface area (TPSA) is 89.6 Å². The molecule has 0 aromatic carbocycles. The van der Waals surface area contributed by atoms with Crippen LogP contribution in [0.2, 0.25) is 0 Å². The Morgan fingerprint density at radius 1 is 1.07 bits per heavy atom. The van der Waals surface area contributed by atoms with E-state index in [1.165, 1.54) is 16.6 Å². The molecule has 2 aliphatic rings. The molecule has 160 valence electrons. The summed E-state index contributed by atoms with van der Waals surface area (Å²) in [5.41, 5.74) is 0.384. The smallest absolute Gasteiger partial charge is 0.270 e. The van der Waals surface area contributed by atoms with Crippen LogP contribution in [-0.4, -0.2) is 78.3 Å². The van der Waals surface area contributed by atoms with Crippen LogP contribution in [0.3, 0.4) is 0 Å². The molecule has 2 fully saturated rings. The van der Waals surface area contributed by atoms with E-state index < -0.39 is 10.0 Å². The third kappa shape index (κ3) is 4.49. The molecule has 0 N–H and O–H groups in total. The molecule has 0 radical (unpaired) electrons. The normalized spacial score (nSPS) is 20.6. The predicted octanol–water partition coefficient (Wildman–Crippen LogP) is 1.51. The number of amides is 1. The first-order valence-electron chi connectivity index (χ1n) is 10.3. The highest BCUT2D eigenvalue weighted by molar-refractivity contribution is 7.89. The van der Waals surface area contributed by atoms with Gasteiger partial charge in [0.25, 0.3) is 5.91 Å². The van der Waals surface area contributed by atoms with E-state index in [0.29, 0.717) is 45.0 Å². The van der Waals surface area contributed by atoms with Gasteiger partial charge in [-0.1, -0.05) is 20.3 Å². The number of rotatable bonds is 5. The van der Waals surface area contributed by atoms with Gasteiger partial charge < -0.3 is 9.47 Å². The molecule has 1 atom stereocenters. The summed E-state index contributed by atoms with van der Waals surface area (Å²) in [5.74, 6) is 0.0722. The van der Waals surface area contributed by atoms with Crippen molar-refractivity contribution in [2.24, 2.45) is 13.0 Å². The minimum absolute atomic E-state index is 0.149. The number of piperidine rings is 1. The molecule has 0 saturated carbocycles. The standard InChI is InChI=1S/C20H31N5O3S/c1-16(2)19(14-21)23-9-11-24(12-10-23)20(26)18-13-17(15-22(18)3)29(27,28)25-7-5-4-6-8-25/h13,15-16,19H,4-12H2,1-3H3. The molecule has 9 heteroatoms. The fourth-order valence-corrected chi connectivity index (χ4v) is 5.75. The van der Waals surface area contributed by atoms with E-state index in [1.54, 1.807) is 16.5 Å². The van der Waals surface area contributed by atoms with E-state index in [4.69, 9.17) is 0 Å². The lowest BCUT2D eigenvalue weighted by molar-refractivity contribution is 0.0568. The third-order valence-electron chi connectivity index (χ3n) is 5.91. The maximum Gasteiger partial charge on any atom is 0.270 e. The number of hydrogen-bond donors (Lipinski definition) is 0. The summed E-state index contributed by atoms with van der Waals surface area (Å²) >= 11 is 0. The summed E-state index contributed by atoms with van der Waals surface area (Å²) in [6.45, 7) is 7.49. The molecule has 2 saturated heterocycles. The second-order valence-corrected chi connectivity index (χ2v) is 10.2. The monoisotopic (exact) mass is 421 g/mol. The SMILES string of the molecule is CC(C)C(C#N)N1CCN(C(=O)c2cc(S(=O)(=O)N3CCCCC3)cn2C)CC1. The highest BCUT2D eigenvalue weighted by atomic mass is 32.2. The Kier molecular flexibility index (Phi) is 6.66. The number of carbonyl (C=O) groups excluding carboxylic acids is 1. The zero-order valence-corrected chi connectivity index (χ0v) is 18.4. The van der Waals surface area contributed by atoms with Crippen LogP contribution >= 0.6 is 0 Å². The van der Waals surface area contributed by atoms with Gasteiger partial charge in [0, 0.05) is 52.5 Å². The molecule has 3 heterocycles. The highest BCUT2D eigenvalue weighted by Crippen LogP contribution is 2.23. The van der Waals surface area contributed by atoms with E-state index in [2.05, 4.69) is 11.0 Å². The Hall–Kier alpha value is -1.89. The molecule has 0 spiro atoms. The number of sulfonamides is 1. The Labute approximate surface area is 173 Å². The van der Waals surface area contributed by atoms with Gasteiger partial charge in [-0.25, -0.2) is 8.42 Å². The number of nitriles is 1. The Balaban J connectivity index is 1.71. The molecular formula is C20H31N5O3S. The van der Waals surface area contributed by atoms with Gasteiger partial charge in [0.1, 0.15) is 16.6 Å². The second kappa shape index (κ2) is 8.86. The molecule has 1 unspecified atom stereocenters. The Bertz CT molecular complexity index is 872. The van der Waals surface area contributed by atoms with Crippen molar-refractivity contribution in [1.29, 1.82) is 5.26 Å². The van der Waals surface area contributed by atoms with E-state index in [0.717, 1.165) is 19.3 Å². The second-order valence-electron chi connectivity index (χ2n) is 8.28. The lowest BCUT2D eigenvalue weighted by Gasteiger charge is -2.38. The largest absolute Gasteiger partial charge is 0.345 e. The van der Waals surface area contributed by atoms with Crippen molar-refractivity contribution in [3.8, 4) is 6.07 Å². The fourth-order valence-electron chi connectivity index (χ4n) is 4.16. The number of aryl methyl sites for hydroxylation is 1. The Morgan fingerprint density at radius 2 is 1.69 bits per heavy atom. The molecule has 2 aliphatic heterocycles. The zero-order valence-electron chi connectivity index (χ0n) is 17.5. The number of hydrogen-bond acceptors (Lipinski definition) is 5. The van der Waals surface area contributed by atoms with Crippen molar-refractivity contribution in [2.75, 3.05) is 39.3 Å². The van der Waals surface area contributed by atoms with Gasteiger partial charge >= 0.3 is 0 Å². The van der Waals surface area contributed by atoms with Gasteiger partial charge in [0.2, 0.25) is 10.0 Å². The van der Waals surface area contributed by atoms with Gasteiger partial charge in [-0.2, -0.15) is 9.57 Å². The minimum Gasteiger partial charge on any atom is -0.345 e. The van der Waals surface area contributed by atoms with Crippen LogP contribution in [-0.2, 0) is 17.1 Å². The molecule has 1 amide bonds. The van der Waals surface area contributed by atoms with E-state index in [9.17, 15) is 18.5 Å². The molecule has 1 aromatic heterocycles. The maximum absolute atomic E-state index is 13.0. The van der Waals surface area contributed by atoms with E-state index in [1.807, 2.05) is 13.8 Å².